The van der Waals surface area contributed by atoms with Gasteiger partial charge >= 0.3 is 0 Å². The third-order valence-corrected chi connectivity index (χ3v) is 4.84. The van der Waals surface area contributed by atoms with Gasteiger partial charge in [0, 0.05) is 18.0 Å². The Balaban J connectivity index is 1.91. The lowest BCUT2D eigenvalue weighted by Crippen LogP contribution is -2.26. The molecule has 0 aliphatic rings. The Labute approximate surface area is 148 Å². The smallest absolute Gasteiger partial charge is 0.107 e. The molecule has 2 heteroatoms. The normalized spacial score (nSPS) is 11.8. The maximum atomic E-state index is 3.41. The molecule has 0 saturated carbocycles. The van der Waals surface area contributed by atoms with Crippen LogP contribution in [0, 0.1) is 11.8 Å². The molecule has 0 radical (unpaired) electrons. The molecule has 0 saturated heterocycles. The third-order valence-electron chi connectivity index (χ3n) is 3.92. The molecule has 120 valence electrons. The maximum Gasteiger partial charge on any atom is 0.107 e. The van der Waals surface area contributed by atoms with Crippen LogP contribution < -0.4 is 0 Å². The summed E-state index contributed by atoms with van der Waals surface area (Å²) in [5.74, 6) is 6.54. The van der Waals surface area contributed by atoms with Gasteiger partial charge < -0.3 is 0 Å². The molecule has 0 spiro atoms. The summed E-state index contributed by atoms with van der Waals surface area (Å²) in [5.41, 5.74) is 2.63. The monoisotopic (exact) mass is 331 g/mol. The van der Waals surface area contributed by atoms with Crippen molar-refractivity contribution in [3.8, 4) is 11.8 Å². The molecule has 3 rings (SSSR count). The minimum atomic E-state index is 0.121. The molecule has 0 aliphatic carbocycles. The van der Waals surface area contributed by atoms with E-state index in [9.17, 15) is 0 Å². The van der Waals surface area contributed by atoms with Crippen molar-refractivity contribution in [1.82, 2.24) is 4.90 Å². The summed E-state index contributed by atoms with van der Waals surface area (Å²) in [6, 6.07) is 25.7. The highest BCUT2D eigenvalue weighted by Crippen LogP contribution is 2.28. The van der Waals surface area contributed by atoms with Crippen molar-refractivity contribution in [3.05, 3.63) is 94.2 Å². The Hall–Kier alpha value is -2.34. The van der Waals surface area contributed by atoms with Crippen molar-refractivity contribution in [2.45, 2.75) is 26.1 Å². The van der Waals surface area contributed by atoms with E-state index in [-0.39, 0.29) is 6.04 Å². The van der Waals surface area contributed by atoms with Crippen molar-refractivity contribution < 1.29 is 0 Å². The number of thiophene rings is 1. The number of benzene rings is 2. The van der Waals surface area contributed by atoms with Crippen molar-refractivity contribution in [3.63, 3.8) is 0 Å². The summed E-state index contributed by atoms with van der Waals surface area (Å²) >= 11 is 1.78. The first kappa shape index (κ1) is 16.5. The summed E-state index contributed by atoms with van der Waals surface area (Å²) in [6.07, 6.45) is 0. The third kappa shape index (κ3) is 4.35. The summed E-state index contributed by atoms with van der Waals surface area (Å²) in [6.45, 7) is 3.68. The van der Waals surface area contributed by atoms with Gasteiger partial charge in [-0.1, -0.05) is 72.7 Å². The second kappa shape index (κ2) is 8.49. The van der Waals surface area contributed by atoms with Crippen LogP contribution in [0.4, 0.5) is 0 Å². The minimum absolute atomic E-state index is 0.121. The standard InChI is InChI=1S/C22H21NS/c1-2-10-21(22-15-9-16-24-22)23(17-19-11-5-3-6-12-19)18-20-13-7-4-8-14-20/h3-9,11-16,21H,17-18H2,1H3/t21-/m0/s1. The van der Waals surface area contributed by atoms with Gasteiger partial charge in [0.15, 0.2) is 0 Å². The lowest BCUT2D eigenvalue weighted by atomic mass is 10.1. The first-order chi connectivity index (χ1) is 11.9. The molecular weight excluding hydrogens is 310 g/mol. The molecule has 0 fully saturated rings. The zero-order valence-electron chi connectivity index (χ0n) is 13.9. The highest BCUT2D eigenvalue weighted by Gasteiger charge is 2.20. The second-order valence-electron chi connectivity index (χ2n) is 5.69. The molecule has 2 aromatic carbocycles. The van der Waals surface area contributed by atoms with Crippen LogP contribution in [0.3, 0.4) is 0 Å². The van der Waals surface area contributed by atoms with Crippen LogP contribution in [-0.4, -0.2) is 4.90 Å². The fraction of sp³-hybridized carbons (Fsp3) is 0.182. The fourth-order valence-electron chi connectivity index (χ4n) is 2.80. The van der Waals surface area contributed by atoms with E-state index in [1.165, 1.54) is 16.0 Å². The van der Waals surface area contributed by atoms with Crippen LogP contribution >= 0.6 is 11.3 Å². The Bertz CT molecular complexity index is 741. The lowest BCUT2D eigenvalue weighted by Gasteiger charge is -2.28. The molecule has 1 heterocycles. The van der Waals surface area contributed by atoms with Crippen LogP contribution in [0.2, 0.25) is 0 Å². The second-order valence-corrected chi connectivity index (χ2v) is 6.67. The highest BCUT2D eigenvalue weighted by molar-refractivity contribution is 7.10. The van der Waals surface area contributed by atoms with Gasteiger partial charge in [-0.15, -0.1) is 17.3 Å². The molecule has 0 bridgehead atoms. The van der Waals surface area contributed by atoms with Crippen molar-refractivity contribution in [2.24, 2.45) is 0 Å². The van der Waals surface area contributed by atoms with E-state index in [1.54, 1.807) is 11.3 Å². The fourth-order valence-corrected chi connectivity index (χ4v) is 3.61. The van der Waals surface area contributed by atoms with Crippen LogP contribution in [0.25, 0.3) is 0 Å². The molecule has 0 aliphatic heterocycles. The van der Waals surface area contributed by atoms with Gasteiger partial charge in [0.2, 0.25) is 0 Å². The molecule has 0 N–H and O–H groups in total. The van der Waals surface area contributed by atoms with Gasteiger partial charge in [-0.05, 0) is 29.5 Å². The molecule has 1 atom stereocenters. The number of nitrogens with zero attached hydrogens (tertiary/aromatic N) is 1. The van der Waals surface area contributed by atoms with Gasteiger partial charge in [-0.3, -0.25) is 4.90 Å². The summed E-state index contributed by atoms with van der Waals surface area (Å²) < 4.78 is 0. The number of hydrogen-bond donors (Lipinski definition) is 0. The van der Waals surface area contributed by atoms with Gasteiger partial charge in [0.25, 0.3) is 0 Å². The number of rotatable bonds is 6. The van der Waals surface area contributed by atoms with Crippen LogP contribution in [0.1, 0.15) is 29.0 Å². The first-order valence-corrected chi connectivity index (χ1v) is 9.02. The van der Waals surface area contributed by atoms with E-state index in [2.05, 4.69) is 94.9 Å². The molecule has 24 heavy (non-hydrogen) atoms. The topological polar surface area (TPSA) is 3.24 Å². The summed E-state index contributed by atoms with van der Waals surface area (Å²) in [4.78, 5) is 3.75. The maximum absolute atomic E-state index is 3.41. The Kier molecular flexibility index (Phi) is 5.85. The van der Waals surface area contributed by atoms with Crippen molar-refractivity contribution in [1.29, 1.82) is 0 Å². The average Bonchev–Trinajstić information content (AvgIpc) is 3.15. The van der Waals surface area contributed by atoms with E-state index < -0.39 is 0 Å². The van der Waals surface area contributed by atoms with E-state index in [4.69, 9.17) is 0 Å². The quantitative estimate of drug-likeness (QED) is 0.538. The van der Waals surface area contributed by atoms with E-state index >= 15 is 0 Å². The lowest BCUT2D eigenvalue weighted by molar-refractivity contribution is 0.221. The van der Waals surface area contributed by atoms with Crippen LogP contribution in [0.15, 0.2) is 78.2 Å². The molecule has 1 aromatic heterocycles. The molecule has 3 aromatic rings. The Morgan fingerprint density at radius 1 is 0.833 bits per heavy atom. The van der Waals surface area contributed by atoms with E-state index in [1.807, 2.05) is 6.92 Å². The minimum Gasteiger partial charge on any atom is -0.277 e. The van der Waals surface area contributed by atoms with Gasteiger partial charge in [-0.2, -0.15) is 0 Å². The van der Waals surface area contributed by atoms with Gasteiger partial charge in [0.1, 0.15) is 6.04 Å². The Morgan fingerprint density at radius 3 is 1.88 bits per heavy atom. The zero-order chi connectivity index (χ0) is 16.6. The molecular formula is C22H21NS. The molecule has 1 nitrogen and oxygen atoms in total. The SMILES string of the molecule is CC#C[C@@H](c1cccs1)N(Cc1ccccc1)Cc1ccccc1. The van der Waals surface area contributed by atoms with E-state index in [0.717, 1.165) is 13.1 Å². The van der Waals surface area contributed by atoms with Crippen LogP contribution in [0.5, 0.6) is 0 Å². The van der Waals surface area contributed by atoms with Crippen molar-refractivity contribution in [2.75, 3.05) is 0 Å². The van der Waals surface area contributed by atoms with Gasteiger partial charge in [-0.25, -0.2) is 0 Å². The Morgan fingerprint density at radius 2 is 1.42 bits per heavy atom. The average molecular weight is 331 g/mol. The predicted molar refractivity (Wildman–Crippen MR) is 103 cm³/mol. The van der Waals surface area contributed by atoms with E-state index in [0.29, 0.717) is 0 Å². The summed E-state index contributed by atoms with van der Waals surface area (Å²) in [7, 11) is 0. The highest BCUT2D eigenvalue weighted by atomic mass is 32.1. The first-order valence-electron chi connectivity index (χ1n) is 8.14. The number of hydrogen-bond acceptors (Lipinski definition) is 2. The van der Waals surface area contributed by atoms with Gasteiger partial charge in [0.05, 0.1) is 0 Å². The largest absolute Gasteiger partial charge is 0.277 e. The van der Waals surface area contributed by atoms with Crippen molar-refractivity contribution >= 4 is 11.3 Å². The summed E-state index contributed by atoms with van der Waals surface area (Å²) in [5, 5.41) is 2.13. The molecule has 0 amide bonds. The van der Waals surface area contributed by atoms with Crippen LogP contribution in [-0.2, 0) is 13.1 Å². The zero-order valence-corrected chi connectivity index (χ0v) is 14.7. The molecule has 0 unspecified atom stereocenters. The predicted octanol–water partition coefficient (Wildman–Crippen LogP) is 5.51.